The predicted molar refractivity (Wildman–Crippen MR) is 63.7 cm³/mol. The minimum absolute atomic E-state index is 0.617. The van der Waals surface area contributed by atoms with Crippen LogP contribution in [0.3, 0.4) is 0 Å². The van der Waals surface area contributed by atoms with Gasteiger partial charge in [0.2, 0.25) is 0 Å². The van der Waals surface area contributed by atoms with Gasteiger partial charge < -0.3 is 4.57 Å². The lowest BCUT2D eigenvalue weighted by Gasteiger charge is -2.05. The number of nitrogens with zero attached hydrogens (tertiary/aromatic N) is 1. The monoisotopic (exact) mass is 206 g/mol. The molecule has 2 nitrogen and oxygen atoms in total. The van der Waals surface area contributed by atoms with Crippen LogP contribution < -0.4 is 5.49 Å². The molecule has 1 aromatic heterocycles. The second kappa shape index (κ2) is 7.27. The van der Waals surface area contributed by atoms with E-state index in [0.717, 1.165) is 6.54 Å². The topological polar surface area (TPSA) is 28.8 Å². The number of hydrogen-bond donors (Lipinski definition) is 1. The molecule has 1 aromatic rings. The van der Waals surface area contributed by atoms with Crippen molar-refractivity contribution in [3.8, 4) is 0 Å². The van der Waals surface area contributed by atoms with Gasteiger partial charge in [0.05, 0.1) is 0 Å². The lowest BCUT2D eigenvalue weighted by molar-refractivity contribution is 0.544. The van der Waals surface area contributed by atoms with Crippen molar-refractivity contribution >= 4 is 0 Å². The van der Waals surface area contributed by atoms with Crippen molar-refractivity contribution < 1.29 is 0 Å². The second-order valence-electron chi connectivity index (χ2n) is 4.05. The summed E-state index contributed by atoms with van der Waals surface area (Å²) in [7, 11) is 0. The molecule has 1 heterocycles. The van der Waals surface area contributed by atoms with Crippen LogP contribution in [0.1, 0.15) is 45.4 Å². The van der Waals surface area contributed by atoms with Gasteiger partial charge in [0.15, 0.2) is 0 Å². The second-order valence-corrected chi connectivity index (χ2v) is 4.05. The highest BCUT2D eigenvalue weighted by molar-refractivity contribution is 4.91. The van der Waals surface area contributed by atoms with E-state index in [1.54, 1.807) is 0 Å². The Hall–Kier alpha value is -1.05. The number of hydrogen-bond acceptors (Lipinski definition) is 1. The first kappa shape index (κ1) is 12.0. The van der Waals surface area contributed by atoms with E-state index in [0.29, 0.717) is 5.49 Å². The molecule has 0 bridgehead atoms. The zero-order chi connectivity index (χ0) is 10.9. The largest absolute Gasteiger partial charge is 0.334 e. The first-order chi connectivity index (χ1) is 7.34. The lowest BCUT2D eigenvalue weighted by atomic mass is 10.1. The lowest BCUT2D eigenvalue weighted by Crippen LogP contribution is -2.17. The summed E-state index contributed by atoms with van der Waals surface area (Å²) in [4.78, 5) is 0. The fraction of sp³-hybridized carbons (Fsp3) is 0.615. The van der Waals surface area contributed by atoms with Gasteiger partial charge in [-0.1, -0.05) is 45.1 Å². The van der Waals surface area contributed by atoms with Gasteiger partial charge in [0.1, 0.15) is 5.49 Å². The maximum absolute atomic E-state index is 7.68. The molecule has 1 N–H and O–H groups in total. The Bertz CT molecular complexity index is 314. The number of aryl methyl sites for hydroxylation is 1. The summed E-state index contributed by atoms with van der Waals surface area (Å²) in [6.45, 7) is 3.23. The molecule has 0 unspecified atom stereocenters. The van der Waals surface area contributed by atoms with Gasteiger partial charge in [-0.25, -0.2) is 0 Å². The van der Waals surface area contributed by atoms with E-state index in [4.69, 9.17) is 5.41 Å². The first-order valence-corrected chi connectivity index (χ1v) is 6.04. The molecule has 0 aromatic carbocycles. The standard InChI is InChI=1S/C13H22N2/c1-2-3-4-5-6-8-11-15-12-9-7-10-13(15)14/h7,9-10,12,14H,2-6,8,11H2,1H3. The third kappa shape index (κ3) is 4.82. The molecular weight excluding hydrogens is 184 g/mol. The van der Waals surface area contributed by atoms with Crippen LogP contribution in [0.25, 0.3) is 0 Å². The van der Waals surface area contributed by atoms with Crippen molar-refractivity contribution in [1.82, 2.24) is 4.57 Å². The molecule has 0 saturated heterocycles. The van der Waals surface area contributed by atoms with Crippen LogP contribution in [0.15, 0.2) is 24.4 Å². The Balaban J connectivity index is 2.15. The number of nitrogens with one attached hydrogen (secondary N) is 1. The van der Waals surface area contributed by atoms with Gasteiger partial charge in [-0.15, -0.1) is 0 Å². The van der Waals surface area contributed by atoms with Crippen molar-refractivity contribution in [3.05, 3.63) is 29.9 Å². The Morgan fingerprint density at radius 2 is 1.80 bits per heavy atom. The quantitative estimate of drug-likeness (QED) is 0.663. The summed E-state index contributed by atoms with van der Waals surface area (Å²) >= 11 is 0. The average molecular weight is 206 g/mol. The summed E-state index contributed by atoms with van der Waals surface area (Å²) in [5.41, 5.74) is 0.617. The van der Waals surface area contributed by atoms with Crippen LogP contribution in [-0.4, -0.2) is 4.57 Å². The smallest absolute Gasteiger partial charge is 0.124 e. The van der Waals surface area contributed by atoms with Crippen LogP contribution in [0, 0.1) is 5.41 Å². The van der Waals surface area contributed by atoms with E-state index in [2.05, 4.69) is 6.92 Å². The molecule has 0 radical (unpaired) electrons. The first-order valence-electron chi connectivity index (χ1n) is 6.04. The summed E-state index contributed by atoms with van der Waals surface area (Å²) in [5.74, 6) is 0. The van der Waals surface area contributed by atoms with E-state index in [1.807, 2.05) is 29.0 Å². The van der Waals surface area contributed by atoms with E-state index in [9.17, 15) is 0 Å². The number of aromatic nitrogens is 1. The highest BCUT2D eigenvalue weighted by atomic mass is 15.0. The van der Waals surface area contributed by atoms with Crippen molar-refractivity contribution in [2.45, 2.75) is 52.0 Å². The molecule has 15 heavy (non-hydrogen) atoms. The zero-order valence-electron chi connectivity index (χ0n) is 9.71. The molecule has 0 aliphatic rings. The fourth-order valence-electron chi connectivity index (χ4n) is 1.73. The average Bonchev–Trinajstić information content (AvgIpc) is 2.25. The molecule has 0 amide bonds. The third-order valence-corrected chi connectivity index (χ3v) is 2.69. The van der Waals surface area contributed by atoms with Crippen LogP contribution in [0.2, 0.25) is 0 Å². The normalized spacial score (nSPS) is 10.5. The molecule has 0 spiro atoms. The molecule has 2 heteroatoms. The molecule has 84 valence electrons. The van der Waals surface area contributed by atoms with Crippen molar-refractivity contribution in [2.24, 2.45) is 0 Å². The van der Waals surface area contributed by atoms with E-state index in [-0.39, 0.29) is 0 Å². The SMILES string of the molecule is CCCCCCCCn1ccccc1=N. The molecule has 0 aliphatic carbocycles. The number of pyridine rings is 1. The summed E-state index contributed by atoms with van der Waals surface area (Å²) in [6.07, 6.45) is 9.87. The van der Waals surface area contributed by atoms with Crippen molar-refractivity contribution in [1.29, 1.82) is 5.41 Å². The van der Waals surface area contributed by atoms with Gasteiger partial charge >= 0.3 is 0 Å². The van der Waals surface area contributed by atoms with E-state index < -0.39 is 0 Å². The predicted octanol–water partition coefficient (Wildman–Crippen LogP) is 3.33. The van der Waals surface area contributed by atoms with Gasteiger partial charge in [0.25, 0.3) is 0 Å². The van der Waals surface area contributed by atoms with Gasteiger partial charge in [-0.2, -0.15) is 0 Å². The molecular formula is C13H22N2. The van der Waals surface area contributed by atoms with Crippen molar-refractivity contribution in [2.75, 3.05) is 0 Å². The minimum atomic E-state index is 0.617. The van der Waals surface area contributed by atoms with Crippen LogP contribution >= 0.6 is 0 Å². The highest BCUT2D eigenvalue weighted by Gasteiger charge is 1.92. The highest BCUT2D eigenvalue weighted by Crippen LogP contribution is 2.05. The molecule has 0 saturated carbocycles. The third-order valence-electron chi connectivity index (χ3n) is 2.69. The van der Waals surface area contributed by atoms with Crippen LogP contribution in [0.4, 0.5) is 0 Å². The Morgan fingerprint density at radius 1 is 1.07 bits per heavy atom. The fourth-order valence-corrected chi connectivity index (χ4v) is 1.73. The van der Waals surface area contributed by atoms with Gasteiger partial charge in [0, 0.05) is 12.7 Å². The van der Waals surface area contributed by atoms with Crippen LogP contribution in [0.5, 0.6) is 0 Å². The summed E-state index contributed by atoms with van der Waals surface area (Å²) in [5, 5.41) is 7.68. The molecule has 1 rings (SSSR count). The van der Waals surface area contributed by atoms with Crippen LogP contribution in [-0.2, 0) is 6.54 Å². The zero-order valence-corrected chi connectivity index (χ0v) is 9.71. The van der Waals surface area contributed by atoms with Gasteiger partial charge in [-0.05, 0) is 18.6 Å². The van der Waals surface area contributed by atoms with E-state index >= 15 is 0 Å². The summed E-state index contributed by atoms with van der Waals surface area (Å²) in [6, 6.07) is 5.76. The molecule has 0 fully saturated rings. The Kier molecular flexibility index (Phi) is 5.83. The van der Waals surface area contributed by atoms with Gasteiger partial charge in [-0.3, -0.25) is 5.41 Å². The molecule has 0 aliphatic heterocycles. The summed E-state index contributed by atoms with van der Waals surface area (Å²) < 4.78 is 2.01. The maximum atomic E-state index is 7.68. The minimum Gasteiger partial charge on any atom is -0.334 e. The Morgan fingerprint density at radius 3 is 2.53 bits per heavy atom. The maximum Gasteiger partial charge on any atom is 0.124 e. The number of unbranched alkanes of at least 4 members (excludes halogenated alkanes) is 5. The van der Waals surface area contributed by atoms with E-state index in [1.165, 1.54) is 38.5 Å². The molecule has 0 atom stereocenters. The van der Waals surface area contributed by atoms with Crippen molar-refractivity contribution in [3.63, 3.8) is 0 Å². The Labute approximate surface area is 92.5 Å². The number of rotatable bonds is 7.